The van der Waals surface area contributed by atoms with Crippen LogP contribution in [0.5, 0.6) is 5.75 Å². The lowest BCUT2D eigenvalue weighted by molar-refractivity contribution is -0.152. The normalized spacial score (nSPS) is 23.2. The molecule has 1 aromatic carbocycles. The quantitative estimate of drug-likeness (QED) is 0.281. The average Bonchev–Trinajstić information content (AvgIpc) is 3.60. The summed E-state index contributed by atoms with van der Waals surface area (Å²) in [6.45, 7) is 13.0. The second-order valence-corrected chi connectivity index (χ2v) is 12.9. The number of imidazole rings is 1. The number of ketones is 1. The van der Waals surface area contributed by atoms with Gasteiger partial charge in [-0.25, -0.2) is 14.6 Å². The molecule has 0 spiro atoms. The Bertz CT molecular complexity index is 1440. The van der Waals surface area contributed by atoms with E-state index >= 15 is 0 Å². The van der Waals surface area contributed by atoms with Gasteiger partial charge in [0.05, 0.1) is 18.1 Å². The molecule has 0 saturated carbocycles. The van der Waals surface area contributed by atoms with Crippen LogP contribution in [0.25, 0.3) is 6.08 Å². The predicted octanol–water partition coefficient (Wildman–Crippen LogP) is 5.55. The van der Waals surface area contributed by atoms with Crippen molar-refractivity contribution in [2.24, 2.45) is 5.92 Å². The number of aromatic nitrogens is 2. The second kappa shape index (κ2) is 14.6. The summed E-state index contributed by atoms with van der Waals surface area (Å²) in [6, 6.07) is 3.32. The van der Waals surface area contributed by atoms with Gasteiger partial charge in [0, 0.05) is 44.6 Å². The van der Waals surface area contributed by atoms with Gasteiger partial charge in [-0.05, 0) is 65.7 Å². The van der Waals surface area contributed by atoms with E-state index < -0.39 is 41.8 Å². The number of cyclic esters (lactones) is 1. The molecule has 0 unspecified atom stereocenters. The van der Waals surface area contributed by atoms with Gasteiger partial charge in [0.2, 0.25) is 0 Å². The number of carbonyl (C=O) groups is 3. The minimum atomic E-state index is -0.950. The third-order valence-corrected chi connectivity index (χ3v) is 7.45. The van der Waals surface area contributed by atoms with Crippen LogP contribution in [0.2, 0.25) is 0 Å². The fourth-order valence-electron chi connectivity index (χ4n) is 5.05. The first kappa shape index (κ1) is 34.9. The van der Waals surface area contributed by atoms with Crippen molar-refractivity contribution in [1.29, 1.82) is 0 Å². The molecule has 12 nitrogen and oxygen atoms in total. The molecule has 46 heavy (non-hydrogen) atoms. The minimum Gasteiger partial charge on any atom is -0.467 e. The molecule has 1 amide bonds. The molecule has 1 saturated heterocycles. The lowest BCUT2D eigenvalue weighted by Crippen LogP contribution is -2.38. The van der Waals surface area contributed by atoms with E-state index in [4.69, 9.17) is 28.4 Å². The number of fused-ring (bicyclic) bond motifs is 2. The van der Waals surface area contributed by atoms with Crippen LogP contribution in [-0.4, -0.2) is 77.5 Å². The molecular formula is C34H45N3O9. The molecule has 4 atom stereocenters. The van der Waals surface area contributed by atoms with Crippen molar-refractivity contribution in [1.82, 2.24) is 9.55 Å². The summed E-state index contributed by atoms with van der Waals surface area (Å²) >= 11 is 0. The highest BCUT2D eigenvalue weighted by atomic mass is 16.8. The van der Waals surface area contributed by atoms with Crippen molar-refractivity contribution >= 4 is 29.6 Å². The van der Waals surface area contributed by atoms with E-state index in [-0.39, 0.29) is 36.4 Å². The van der Waals surface area contributed by atoms with Crippen molar-refractivity contribution in [3.8, 4) is 5.75 Å². The van der Waals surface area contributed by atoms with Gasteiger partial charge in [0.15, 0.2) is 18.4 Å². The smallest absolute Gasteiger partial charge is 0.414 e. The maximum atomic E-state index is 13.8. The highest BCUT2D eigenvalue weighted by molar-refractivity contribution is 5.99. The zero-order chi connectivity index (χ0) is 33.6. The van der Waals surface area contributed by atoms with Crippen LogP contribution in [0, 0.1) is 5.92 Å². The number of nitrogens with zero attached hydrogens (tertiary/aromatic N) is 3. The van der Waals surface area contributed by atoms with Crippen LogP contribution in [-0.2, 0) is 35.0 Å². The molecule has 1 aromatic heterocycles. The topological polar surface area (TPSA) is 128 Å². The summed E-state index contributed by atoms with van der Waals surface area (Å²) in [5.74, 6) is -1.94. The first-order valence-corrected chi connectivity index (χ1v) is 15.4. The van der Waals surface area contributed by atoms with Gasteiger partial charge in [-0.2, -0.15) is 0 Å². The lowest BCUT2D eigenvalue weighted by atomic mass is 9.99. The molecule has 0 radical (unpaired) electrons. The average molecular weight is 640 g/mol. The number of ether oxygens (including phenoxy) is 6. The molecule has 12 heteroatoms. The van der Waals surface area contributed by atoms with Crippen molar-refractivity contribution in [3.63, 3.8) is 0 Å². The third-order valence-electron chi connectivity index (χ3n) is 7.45. The molecule has 250 valence electrons. The molecule has 0 bridgehead atoms. The maximum absolute atomic E-state index is 13.8. The Labute approximate surface area is 270 Å². The van der Waals surface area contributed by atoms with Crippen LogP contribution in [0.15, 0.2) is 49.1 Å². The Kier molecular flexibility index (Phi) is 11.1. The van der Waals surface area contributed by atoms with Gasteiger partial charge >= 0.3 is 12.1 Å². The van der Waals surface area contributed by atoms with E-state index in [1.54, 1.807) is 90.6 Å². The molecule has 3 heterocycles. The van der Waals surface area contributed by atoms with Crippen molar-refractivity contribution < 1.29 is 42.8 Å². The molecular weight excluding hydrogens is 594 g/mol. The SMILES string of the molecule is COCOc1cc(N(CCn2ccnc2)C(=O)OC(C)(C)C)cc2c1C(=O)O[C@@H](C)[C@H](C)C=CC(=O)[C@H]1OC(C)(C)O[C@H]1CC=C2. The Morgan fingerprint density at radius 1 is 1.15 bits per heavy atom. The molecule has 0 aliphatic carbocycles. The standard InChI is InChI=1S/C34H45N3O9/c1-22-12-13-26(38)30-27(44-34(6,7)45-30)11-9-10-24-18-25(19-28(42-21-41-8)29(24)31(39)43-23(22)2)37(32(40)46-33(3,4)5)17-16-36-15-14-35-20-36/h9-10,12-15,18-20,22-23,27,30H,11,16-17,21H2,1-8H3/t22-,23+,27+,30-/m1/s1. The molecule has 2 aliphatic rings. The van der Waals surface area contributed by atoms with Gasteiger partial charge in [0.25, 0.3) is 0 Å². The summed E-state index contributed by atoms with van der Waals surface area (Å²) in [5, 5.41) is 0. The molecule has 0 N–H and O–H groups in total. The zero-order valence-electron chi connectivity index (χ0n) is 27.8. The number of hydrogen-bond donors (Lipinski definition) is 0. The number of amides is 1. The predicted molar refractivity (Wildman–Crippen MR) is 170 cm³/mol. The van der Waals surface area contributed by atoms with Crippen molar-refractivity contribution in [2.45, 2.75) is 91.1 Å². The summed E-state index contributed by atoms with van der Waals surface area (Å²) in [4.78, 5) is 46.1. The van der Waals surface area contributed by atoms with E-state index in [0.29, 0.717) is 24.2 Å². The van der Waals surface area contributed by atoms with Gasteiger partial charge in [-0.3, -0.25) is 9.69 Å². The molecule has 1 fully saturated rings. The first-order chi connectivity index (χ1) is 21.7. The van der Waals surface area contributed by atoms with Gasteiger partial charge in [-0.1, -0.05) is 25.2 Å². The van der Waals surface area contributed by atoms with Gasteiger partial charge < -0.3 is 33.0 Å². The van der Waals surface area contributed by atoms with Crippen LogP contribution in [0.1, 0.15) is 70.8 Å². The van der Waals surface area contributed by atoms with E-state index in [9.17, 15) is 14.4 Å². The van der Waals surface area contributed by atoms with E-state index in [1.807, 2.05) is 11.5 Å². The number of anilines is 1. The minimum absolute atomic E-state index is 0.158. The third kappa shape index (κ3) is 9.05. The van der Waals surface area contributed by atoms with Crippen LogP contribution in [0.3, 0.4) is 0 Å². The molecule has 2 aliphatic heterocycles. The Morgan fingerprint density at radius 3 is 2.59 bits per heavy atom. The summed E-state index contributed by atoms with van der Waals surface area (Å²) in [6.07, 6.45) is 9.60. The largest absolute Gasteiger partial charge is 0.467 e. The Balaban J connectivity index is 1.83. The van der Waals surface area contributed by atoms with Crippen LogP contribution in [0.4, 0.5) is 10.5 Å². The molecule has 4 rings (SSSR count). The van der Waals surface area contributed by atoms with Gasteiger partial charge in [-0.15, -0.1) is 0 Å². The molecule has 2 aromatic rings. The Hall–Kier alpha value is -4.00. The second-order valence-electron chi connectivity index (χ2n) is 12.9. The Morgan fingerprint density at radius 2 is 1.91 bits per heavy atom. The number of benzene rings is 1. The maximum Gasteiger partial charge on any atom is 0.414 e. The summed E-state index contributed by atoms with van der Waals surface area (Å²) in [5.41, 5.74) is 0.256. The number of methoxy groups -OCH3 is 1. The summed E-state index contributed by atoms with van der Waals surface area (Å²) in [7, 11) is 1.47. The number of carbonyl (C=O) groups excluding carboxylic acids is 3. The zero-order valence-corrected chi connectivity index (χ0v) is 27.8. The van der Waals surface area contributed by atoms with E-state index in [2.05, 4.69) is 4.98 Å². The fourth-order valence-corrected chi connectivity index (χ4v) is 5.05. The monoisotopic (exact) mass is 639 g/mol. The van der Waals surface area contributed by atoms with Gasteiger partial charge in [0.1, 0.15) is 29.1 Å². The first-order valence-electron chi connectivity index (χ1n) is 15.4. The van der Waals surface area contributed by atoms with Crippen LogP contribution < -0.4 is 9.64 Å². The summed E-state index contributed by atoms with van der Waals surface area (Å²) < 4.78 is 36.7. The van der Waals surface area contributed by atoms with Crippen molar-refractivity contribution in [2.75, 3.05) is 25.3 Å². The highest BCUT2D eigenvalue weighted by Gasteiger charge is 2.43. The van der Waals surface area contributed by atoms with Crippen LogP contribution >= 0.6 is 0 Å². The van der Waals surface area contributed by atoms with Crippen molar-refractivity contribution in [3.05, 3.63) is 60.2 Å². The number of hydrogen-bond acceptors (Lipinski definition) is 10. The van der Waals surface area contributed by atoms with E-state index in [1.165, 1.54) is 18.1 Å². The fraction of sp³-hybridized carbons (Fsp3) is 0.529. The highest BCUT2D eigenvalue weighted by Crippen LogP contribution is 2.35. The number of esters is 1. The lowest BCUT2D eigenvalue weighted by Gasteiger charge is -2.29. The van der Waals surface area contributed by atoms with E-state index in [0.717, 1.165) is 0 Å². The number of rotatable bonds is 7.